The highest BCUT2D eigenvalue weighted by Gasteiger charge is 2.52. The van der Waals surface area contributed by atoms with Gasteiger partial charge in [0, 0.05) is 61.7 Å². The van der Waals surface area contributed by atoms with Crippen LogP contribution in [0, 0.1) is 24.0 Å². The number of carboxylic acid groups (broad SMARTS) is 1. The molecule has 3 fully saturated rings. The lowest BCUT2D eigenvalue weighted by Crippen LogP contribution is -2.61. The van der Waals surface area contributed by atoms with Crippen molar-refractivity contribution in [3.63, 3.8) is 0 Å². The number of anilines is 1. The first-order valence-corrected chi connectivity index (χ1v) is 15.5. The number of nitrogens with one attached hydrogen (secondary N) is 1. The number of aromatic nitrogens is 3. The number of rotatable bonds is 7. The highest BCUT2D eigenvalue weighted by atomic mass is 19.1. The summed E-state index contributed by atoms with van der Waals surface area (Å²) in [6.07, 6.45) is 3.51. The van der Waals surface area contributed by atoms with E-state index in [1.807, 2.05) is 26.0 Å². The van der Waals surface area contributed by atoms with E-state index in [2.05, 4.69) is 25.3 Å². The molecule has 11 nitrogen and oxygen atoms in total. The molecule has 4 aromatic rings. The summed E-state index contributed by atoms with van der Waals surface area (Å²) >= 11 is 0. The van der Waals surface area contributed by atoms with Crippen LogP contribution in [0.15, 0.2) is 53.2 Å². The predicted molar refractivity (Wildman–Crippen MR) is 168 cm³/mol. The Labute approximate surface area is 269 Å². The van der Waals surface area contributed by atoms with E-state index < -0.39 is 17.8 Å². The molecule has 7 rings (SSSR count). The van der Waals surface area contributed by atoms with Crippen LogP contribution in [0.2, 0.25) is 0 Å². The van der Waals surface area contributed by atoms with Crippen LogP contribution in [-0.4, -0.2) is 62.7 Å². The number of imide groups is 1. The highest BCUT2D eigenvalue weighted by molar-refractivity contribution is 6.05. The molecule has 244 valence electrons. The molecule has 0 radical (unpaired) electrons. The number of urea groups is 1. The number of halogens is 2. The van der Waals surface area contributed by atoms with Crippen LogP contribution in [-0.2, 0) is 11.3 Å². The fourth-order valence-electron chi connectivity index (χ4n) is 6.75. The van der Waals surface area contributed by atoms with Gasteiger partial charge >= 0.3 is 12.0 Å². The largest absolute Gasteiger partial charge is 0.475 e. The van der Waals surface area contributed by atoms with Gasteiger partial charge in [-0.1, -0.05) is 37.2 Å². The predicted octanol–water partition coefficient (Wildman–Crippen LogP) is 5.94. The summed E-state index contributed by atoms with van der Waals surface area (Å²) in [5.74, 6) is -2.37. The standard InChI is InChI=1S/C32H28F2N6O5.C2H6/c1-17-22(13-35-29(36-17)25-10-27(30(42)43)45-38-25)21-4-2-18(8-23(21)33)14-39-15-32(16-39)11-20(12-32)19-3-5-26(24(34)9-19)40-7-6-28(41)37-31(40)44;1-2/h2-5,8-10,13,20H,6-7,11-12,14-16H2,1H3,(H,42,43)(H,37,41,44);1-2H3. The van der Waals surface area contributed by atoms with Crippen molar-refractivity contribution >= 4 is 23.6 Å². The second-order valence-corrected chi connectivity index (χ2v) is 12.1. The van der Waals surface area contributed by atoms with Crippen LogP contribution in [0.4, 0.5) is 19.3 Å². The molecule has 2 aromatic heterocycles. The molecule has 13 heteroatoms. The molecule has 0 bridgehead atoms. The zero-order valence-electron chi connectivity index (χ0n) is 26.2. The average Bonchev–Trinajstić information content (AvgIpc) is 3.51. The van der Waals surface area contributed by atoms with Gasteiger partial charge in [-0.3, -0.25) is 19.9 Å². The molecule has 0 unspecified atom stereocenters. The summed E-state index contributed by atoms with van der Waals surface area (Å²) in [7, 11) is 0. The molecule has 2 aliphatic heterocycles. The van der Waals surface area contributed by atoms with Gasteiger partial charge in [0.1, 0.15) is 11.6 Å². The number of hydrogen-bond donors (Lipinski definition) is 2. The Morgan fingerprint density at radius 2 is 1.83 bits per heavy atom. The Hall–Kier alpha value is -5.04. The molecule has 3 amide bonds. The van der Waals surface area contributed by atoms with E-state index in [1.54, 1.807) is 19.1 Å². The first-order valence-electron chi connectivity index (χ1n) is 15.5. The lowest BCUT2D eigenvalue weighted by atomic mass is 9.56. The smallest absolute Gasteiger partial charge is 0.374 e. The van der Waals surface area contributed by atoms with Crippen molar-refractivity contribution < 1.29 is 32.8 Å². The summed E-state index contributed by atoms with van der Waals surface area (Å²) in [6, 6.07) is 10.7. The van der Waals surface area contributed by atoms with E-state index in [9.17, 15) is 18.8 Å². The Morgan fingerprint density at radius 3 is 2.47 bits per heavy atom. The van der Waals surface area contributed by atoms with Gasteiger partial charge < -0.3 is 9.63 Å². The molecule has 3 aliphatic rings. The zero-order chi connectivity index (χ0) is 33.5. The van der Waals surface area contributed by atoms with Crippen molar-refractivity contribution in [2.45, 2.75) is 52.5 Å². The molecule has 1 aliphatic carbocycles. The molecule has 47 heavy (non-hydrogen) atoms. The van der Waals surface area contributed by atoms with Crippen molar-refractivity contribution in [3.8, 4) is 22.6 Å². The molecule has 2 aromatic carbocycles. The maximum absolute atomic E-state index is 15.3. The minimum absolute atomic E-state index is 0.138. The Bertz CT molecular complexity index is 1860. The number of carbonyl (C=O) groups excluding carboxylic acids is 2. The third-order valence-electron chi connectivity index (χ3n) is 8.92. The van der Waals surface area contributed by atoms with Gasteiger partial charge in [0.05, 0.1) is 5.69 Å². The summed E-state index contributed by atoms with van der Waals surface area (Å²) in [5, 5.41) is 14.9. The fraction of sp³-hybridized carbons (Fsp3) is 0.353. The Balaban J connectivity index is 0.00000190. The maximum atomic E-state index is 15.3. The SMILES string of the molecule is CC.Cc1nc(-c2cc(C(=O)O)on2)ncc1-c1ccc(CN2CC3(CC(c4ccc(N5CCC(=O)NC5=O)c(F)c4)C3)C2)cc1F. The van der Waals surface area contributed by atoms with Crippen LogP contribution in [0.3, 0.4) is 0 Å². The maximum Gasteiger partial charge on any atom is 0.374 e. The van der Waals surface area contributed by atoms with Crippen molar-refractivity contribution in [2.24, 2.45) is 5.41 Å². The van der Waals surface area contributed by atoms with E-state index in [0.29, 0.717) is 23.4 Å². The minimum Gasteiger partial charge on any atom is -0.475 e. The van der Waals surface area contributed by atoms with Crippen LogP contribution in [0.1, 0.15) is 66.4 Å². The molecule has 2 N–H and O–H groups in total. The lowest BCUT2D eigenvalue weighted by molar-refractivity contribution is -0.120. The normalized spacial score (nSPS) is 17.4. The molecule has 1 saturated carbocycles. The van der Waals surface area contributed by atoms with Gasteiger partial charge in [0.2, 0.25) is 11.7 Å². The fourth-order valence-corrected chi connectivity index (χ4v) is 6.75. The molecule has 4 heterocycles. The zero-order valence-corrected chi connectivity index (χ0v) is 26.2. The van der Waals surface area contributed by atoms with Gasteiger partial charge in [-0.15, -0.1) is 0 Å². The average molecular weight is 645 g/mol. The van der Waals surface area contributed by atoms with Crippen LogP contribution in [0.5, 0.6) is 0 Å². The minimum atomic E-state index is -1.25. The quantitative estimate of drug-likeness (QED) is 0.250. The number of benzene rings is 2. The Kier molecular flexibility index (Phi) is 8.58. The van der Waals surface area contributed by atoms with E-state index >= 15 is 4.39 Å². The number of carbonyl (C=O) groups is 3. The van der Waals surface area contributed by atoms with Gasteiger partial charge in [0.25, 0.3) is 0 Å². The first kappa shape index (κ1) is 31.9. The number of carboxylic acids is 1. The van der Waals surface area contributed by atoms with Crippen molar-refractivity contribution in [2.75, 3.05) is 24.5 Å². The second kappa shape index (κ2) is 12.6. The van der Waals surface area contributed by atoms with E-state index in [-0.39, 0.29) is 59.0 Å². The van der Waals surface area contributed by atoms with E-state index in [4.69, 9.17) is 9.63 Å². The van der Waals surface area contributed by atoms with Crippen molar-refractivity contribution in [1.82, 2.24) is 25.3 Å². The van der Waals surface area contributed by atoms with Crippen molar-refractivity contribution in [1.29, 1.82) is 0 Å². The summed E-state index contributed by atoms with van der Waals surface area (Å²) in [5.41, 5.74) is 3.68. The van der Waals surface area contributed by atoms with Gasteiger partial charge in [-0.2, -0.15) is 0 Å². The monoisotopic (exact) mass is 644 g/mol. The number of likely N-dealkylation sites (tertiary alicyclic amines) is 1. The van der Waals surface area contributed by atoms with Gasteiger partial charge in [-0.25, -0.2) is 28.3 Å². The number of hydrogen-bond acceptors (Lipinski definition) is 8. The second-order valence-electron chi connectivity index (χ2n) is 12.1. The van der Waals surface area contributed by atoms with Gasteiger partial charge in [0.15, 0.2) is 11.5 Å². The van der Waals surface area contributed by atoms with Crippen LogP contribution in [0.25, 0.3) is 22.6 Å². The third kappa shape index (κ3) is 6.22. The van der Waals surface area contributed by atoms with E-state index in [1.165, 1.54) is 29.3 Å². The molecule has 0 atom stereocenters. The first-order chi connectivity index (χ1) is 22.6. The van der Waals surface area contributed by atoms with Crippen molar-refractivity contribution in [3.05, 3.63) is 82.9 Å². The molecular weight excluding hydrogens is 610 g/mol. The van der Waals surface area contributed by atoms with Crippen LogP contribution < -0.4 is 10.2 Å². The molecular formula is C34H34F2N6O5. The van der Waals surface area contributed by atoms with Gasteiger partial charge in [-0.05, 0) is 60.4 Å². The Morgan fingerprint density at radius 1 is 1.06 bits per heavy atom. The summed E-state index contributed by atoms with van der Waals surface area (Å²) < 4.78 is 35.0. The number of aromatic carboxylic acids is 1. The van der Waals surface area contributed by atoms with E-state index in [0.717, 1.165) is 37.1 Å². The topological polar surface area (TPSA) is 142 Å². The summed E-state index contributed by atoms with van der Waals surface area (Å²) in [6.45, 7) is 8.25. The molecule has 1 spiro atoms. The third-order valence-corrected chi connectivity index (χ3v) is 8.92. The molecule has 2 saturated heterocycles. The number of amides is 3. The summed E-state index contributed by atoms with van der Waals surface area (Å²) in [4.78, 5) is 46.7. The number of nitrogens with zero attached hydrogens (tertiary/aromatic N) is 5. The lowest BCUT2D eigenvalue weighted by Gasteiger charge is -2.59. The van der Waals surface area contributed by atoms with Crippen LogP contribution >= 0.6 is 0 Å². The number of aryl methyl sites for hydroxylation is 1. The highest BCUT2D eigenvalue weighted by Crippen LogP contribution is 2.56.